The predicted octanol–water partition coefficient (Wildman–Crippen LogP) is 6.09. The van der Waals surface area contributed by atoms with Crippen LogP contribution in [0.5, 0.6) is 5.75 Å². The first kappa shape index (κ1) is 23.1. The van der Waals surface area contributed by atoms with Crippen molar-refractivity contribution in [2.75, 3.05) is 17.7 Å². The van der Waals surface area contributed by atoms with Gasteiger partial charge in [-0.25, -0.2) is 9.97 Å². The molecule has 1 amide bonds. The van der Waals surface area contributed by atoms with Gasteiger partial charge >= 0.3 is 0 Å². The Labute approximate surface area is 208 Å². The van der Waals surface area contributed by atoms with Crippen molar-refractivity contribution in [3.63, 3.8) is 0 Å². The zero-order valence-electron chi connectivity index (χ0n) is 20.1. The Kier molecular flexibility index (Phi) is 6.55. The molecule has 35 heavy (non-hydrogen) atoms. The van der Waals surface area contributed by atoms with Crippen molar-refractivity contribution in [3.8, 4) is 5.75 Å². The number of hydrogen-bond acceptors (Lipinski definition) is 7. The number of benzene rings is 1. The molecule has 1 aliphatic rings. The molecule has 1 aliphatic carbocycles. The van der Waals surface area contributed by atoms with Gasteiger partial charge in [-0.1, -0.05) is 12.1 Å². The van der Waals surface area contributed by atoms with Crippen LogP contribution in [0, 0.1) is 13.8 Å². The Morgan fingerprint density at radius 3 is 2.63 bits per heavy atom. The number of ether oxygens (including phenoxy) is 1. The van der Waals surface area contributed by atoms with Crippen LogP contribution >= 0.6 is 11.3 Å². The van der Waals surface area contributed by atoms with Gasteiger partial charge in [-0.05, 0) is 81.0 Å². The van der Waals surface area contributed by atoms with Crippen LogP contribution < -0.4 is 15.4 Å². The predicted molar refractivity (Wildman–Crippen MR) is 138 cm³/mol. The molecule has 0 aliphatic heterocycles. The van der Waals surface area contributed by atoms with Gasteiger partial charge in [0.15, 0.2) is 5.76 Å². The number of amides is 1. The van der Waals surface area contributed by atoms with Crippen molar-refractivity contribution in [1.82, 2.24) is 9.97 Å². The minimum absolute atomic E-state index is 0.262. The average molecular weight is 489 g/mol. The van der Waals surface area contributed by atoms with Crippen LogP contribution in [0.1, 0.15) is 62.4 Å². The van der Waals surface area contributed by atoms with Crippen LogP contribution in [0.3, 0.4) is 0 Å². The van der Waals surface area contributed by atoms with E-state index in [1.807, 2.05) is 38.1 Å². The fraction of sp³-hybridized carbons (Fsp3) is 0.296. The number of nitrogens with one attached hydrogen (secondary N) is 2. The molecule has 1 aromatic carbocycles. The van der Waals surface area contributed by atoms with E-state index in [-0.39, 0.29) is 17.7 Å². The van der Waals surface area contributed by atoms with Crippen LogP contribution in [-0.2, 0) is 12.8 Å². The van der Waals surface area contributed by atoms with E-state index in [1.54, 1.807) is 30.6 Å². The summed E-state index contributed by atoms with van der Waals surface area (Å²) in [5.74, 6) is 1.34. The number of aryl methyl sites for hydroxylation is 3. The molecular weight excluding hydrogens is 460 g/mol. The van der Waals surface area contributed by atoms with E-state index in [0.29, 0.717) is 5.95 Å². The number of carbonyl (C=O) groups excluding carboxylic acids is 1. The summed E-state index contributed by atoms with van der Waals surface area (Å²) in [5, 5.41) is 7.54. The van der Waals surface area contributed by atoms with Gasteiger partial charge in [0.25, 0.3) is 5.91 Å². The van der Waals surface area contributed by atoms with Crippen molar-refractivity contribution in [3.05, 3.63) is 87.4 Å². The molecule has 0 unspecified atom stereocenters. The maximum atomic E-state index is 13.0. The van der Waals surface area contributed by atoms with Crippen molar-refractivity contribution in [2.24, 2.45) is 0 Å². The van der Waals surface area contributed by atoms with Gasteiger partial charge in [0.1, 0.15) is 10.8 Å². The third-order valence-electron chi connectivity index (χ3n) is 6.16. The second-order valence-corrected chi connectivity index (χ2v) is 9.82. The number of methoxy groups -OCH3 is 1. The Morgan fingerprint density at radius 1 is 1.09 bits per heavy atom. The normalized spacial score (nSPS) is 13.7. The Balaban J connectivity index is 1.64. The summed E-state index contributed by atoms with van der Waals surface area (Å²) < 4.78 is 10.9. The summed E-state index contributed by atoms with van der Waals surface area (Å²) in [5.41, 5.74) is 5.14. The highest BCUT2D eigenvalue weighted by atomic mass is 32.1. The molecule has 0 saturated carbocycles. The lowest BCUT2D eigenvalue weighted by atomic mass is 9.89. The third-order valence-corrected chi connectivity index (χ3v) is 7.38. The molecule has 3 aromatic heterocycles. The van der Waals surface area contributed by atoms with Crippen molar-refractivity contribution >= 4 is 28.2 Å². The molecule has 1 atom stereocenters. The number of nitrogens with zero attached hydrogens (tertiary/aromatic N) is 2. The number of hydrogen-bond donors (Lipinski definition) is 2. The van der Waals surface area contributed by atoms with E-state index in [4.69, 9.17) is 9.15 Å². The third kappa shape index (κ3) is 4.93. The van der Waals surface area contributed by atoms with Crippen LogP contribution in [-0.4, -0.2) is 23.0 Å². The topological polar surface area (TPSA) is 89.3 Å². The number of rotatable bonds is 7. The number of carbonyl (C=O) groups is 1. The lowest BCUT2D eigenvalue weighted by molar-refractivity contribution is 0.0997. The summed E-state index contributed by atoms with van der Waals surface area (Å²) in [6.07, 6.45) is 5.75. The lowest BCUT2D eigenvalue weighted by Gasteiger charge is -2.24. The van der Waals surface area contributed by atoms with Gasteiger partial charge in [-0.2, -0.15) is 0 Å². The van der Waals surface area contributed by atoms with Gasteiger partial charge in [-0.3, -0.25) is 4.79 Å². The maximum Gasteiger partial charge on any atom is 0.291 e. The second-order valence-electron chi connectivity index (χ2n) is 8.71. The second kappa shape index (κ2) is 9.92. The molecular formula is C27H28N4O3S. The minimum atomic E-state index is -0.281. The van der Waals surface area contributed by atoms with E-state index in [0.717, 1.165) is 58.9 Å². The number of aromatic nitrogens is 2. The summed E-state index contributed by atoms with van der Waals surface area (Å²) in [6.45, 7) is 3.92. The maximum absolute atomic E-state index is 13.0. The lowest BCUT2D eigenvalue weighted by Crippen LogP contribution is -2.19. The fourth-order valence-electron chi connectivity index (χ4n) is 4.62. The largest absolute Gasteiger partial charge is 0.497 e. The van der Waals surface area contributed by atoms with Gasteiger partial charge in [0.05, 0.1) is 19.4 Å². The molecule has 0 bridgehead atoms. The molecule has 0 radical (unpaired) electrons. The van der Waals surface area contributed by atoms with Gasteiger partial charge < -0.3 is 19.8 Å². The number of furan rings is 1. The van der Waals surface area contributed by atoms with Crippen LogP contribution in [0.2, 0.25) is 0 Å². The summed E-state index contributed by atoms with van der Waals surface area (Å²) >= 11 is 1.65. The summed E-state index contributed by atoms with van der Waals surface area (Å²) in [6, 6.07) is 13.0. The SMILES string of the molecule is COc1cccc([C@@H](Nc2nc(C)cc(C)n2)c2c(NC(=O)c3ccco3)sc3c2CCCC3)c1. The number of anilines is 2. The zero-order valence-corrected chi connectivity index (χ0v) is 20.9. The molecule has 8 heteroatoms. The van der Waals surface area contributed by atoms with Crippen molar-refractivity contribution in [2.45, 2.75) is 45.6 Å². The zero-order chi connectivity index (χ0) is 24.4. The number of fused-ring (bicyclic) bond motifs is 1. The first-order chi connectivity index (χ1) is 17.0. The standard InChI is InChI=1S/C27H28N4O3S/c1-16-14-17(2)29-27(28-16)30-24(18-8-6-9-19(15-18)33-3)23-20-10-4-5-12-22(20)35-26(23)31-25(32)21-11-7-13-34-21/h6-9,11,13-15,24H,4-5,10,12H2,1-3H3,(H,31,32)(H,28,29,30)/t24-/m1/s1. The molecule has 0 spiro atoms. The fourth-order valence-corrected chi connectivity index (χ4v) is 5.95. The highest BCUT2D eigenvalue weighted by molar-refractivity contribution is 7.16. The Bertz CT molecular complexity index is 1330. The quantitative estimate of drug-likeness (QED) is 0.327. The Morgan fingerprint density at radius 2 is 1.89 bits per heavy atom. The molecule has 3 heterocycles. The smallest absolute Gasteiger partial charge is 0.291 e. The molecule has 4 aromatic rings. The molecule has 0 saturated heterocycles. The van der Waals surface area contributed by atoms with Crippen LogP contribution in [0.15, 0.2) is 53.1 Å². The first-order valence-electron chi connectivity index (χ1n) is 11.7. The number of thiophene rings is 1. The van der Waals surface area contributed by atoms with Crippen LogP contribution in [0.25, 0.3) is 0 Å². The van der Waals surface area contributed by atoms with Crippen LogP contribution in [0.4, 0.5) is 10.9 Å². The highest BCUT2D eigenvalue weighted by Gasteiger charge is 2.30. The van der Waals surface area contributed by atoms with E-state index in [1.165, 1.54) is 16.7 Å². The Hall–Kier alpha value is -3.65. The highest BCUT2D eigenvalue weighted by Crippen LogP contribution is 2.44. The van der Waals surface area contributed by atoms with Crippen molar-refractivity contribution < 1.29 is 13.9 Å². The van der Waals surface area contributed by atoms with Gasteiger partial charge in [0.2, 0.25) is 5.95 Å². The van der Waals surface area contributed by atoms with E-state index < -0.39 is 0 Å². The van der Waals surface area contributed by atoms with Crippen molar-refractivity contribution in [1.29, 1.82) is 0 Å². The first-order valence-corrected chi connectivity index (χ1v) is 12.6. The molecule has 5 rings (SSSR count). The molecule has 180 valence electrons. The van der Waals surface area contributed by atoms with E-state index in [9.17, 15) is 4.79 Å². The summed E-state index contributed by atoms with van der Waals surface area (Å²) in [4.78, 5) is 23.6. The molecule has 7 nitrogen and oxygen atoms in total. The average Bonchev–Trinajstić information content (AvgIpc) is 3.50. The van der Waals surface area contributed by atoms with Gasteiger partial charge in [0, 0.05) is 21.8 Å². The monoisotopic (exact) mass is 488 g/mol. The minimum Gasteiger partial charge on any atom is -0.497 e. The molecule has 0 fully saturated rings. The summed E-state index contributed by atoms with van der Waals surface area (Å²) in [7, 11) is 1.66. The van der Waals surface area contributed by atoms with Gasteiger partial charge in [-0.15, -0.1) is 11.3 Å². The van der Waals surface area contributed by atoms with E-state index >= 15 is 0 Å². The molecule has 2 N–H and O–H groups in total. The van der Waals surface area contributed by atoms with E-state index in [2.05, 4.69) is 26.7 Å².